The van der Waals surface area contributed by atoms with Gasteiger partial charge in [0.1, 0.15) is 5.75 Å². The Morgan fingerprint density at radius 3 is 2.60 bits per heavy atom. The molecule has 0 aromatic heterocycles. The lowest BCUT2D eigenvalue weighted by molar-refractivity contribution is -0.118. The Balaban J connectivity index is 2.34. The molecule has 3 nitrogen and oxygen atoms in total. The highest BCUT2D eigenvalue weighted by Crippen LogP contribution is 2.16. The molecule has 0 saturated carbocycles. The zero-order valence-electron chi connectivity index (χ0n) is 8.95. The van der Waals surface area contributed by atoms with E-state index in [1.165, 1.54) is 5.56 Å². The molecule has 0 unspecified atom stereocenters. The molecule has 0 aliphatic heterocycles. The van der Waals surface area contributed by atoms with E-state index >= 15 is 0 Å². The van der Waals surface area contributed by atoms with E-state index in [1.54, 1.807) is 25.9 Å². The molecule has 0 bridgehead atoms. The molecule has 1 amide bonds. The smallest absolute Gasteiger partial charge is 0.229 e. The van der Waals surface area contributed by atoms with Gasteiger partial charge in [-0.15, -0.1) is 11.8 Å². The summed E-state index contributed by atoms with van der Waals surface area (Å²) in [4.78, 5) is 11.0. The van der Waals surface area contributed by atoms with Crippen LogP contribution in [0, 0.1) is 0 Å². The zero-order valence-corrected chi connectivity index (χ0v) is 9.76. The van der Waals surface area contributed by atoms with E-state index in [2.05, 4.69) is 5.32 Å². The number of amides is 1. The quantitative estimate of drug-likeness (QED) is 0.828. The summed E-state index contributed by atoms with van der Waals surface area (Å²) in [6, 6.07) is 7.87. The van der Waals surface area contributed by atoms with Crippen molar-refractivity contribution in [1.29, 1.82) is 0 Å². The fourth-order valence-corrected chi connectivity index (χ4v) is 1.92. The first-order chi connectivity index (χ1) is 7.26. The van der Waals surface area contributed by atoms with E-state index < -0.39 is 0 Å². The molecule has 15 heavy (non-hydrogen) atoms. The summed E-state index contributed by atoms with van der Waals surface area (Å²) in [5.41, 5.74) is 1.20. The van der Waals surface area contributed by atoms with Crippen molar-refractivity contribution in [3.05, 3.63) is 29.8 Å². The highest BCUT2D eigenvalue weighted by Gasteiger charge is 1.99. The number of hydrogen-bond donors (Lipinski definition) is 1. The highest BCUT2D eigenvalue weighted by molar-refractivity contribution is 7.99. The van der Waals surface area contributed by atoms with Gasteiger partial charge >= 0.3 is 0 Å². The molecule has 0 aliphatic carbocycles. The van der Waals surface area contributed by atoms with Crippen molar-refractivity contribution in [2.45, 2.75) is 5.75 Å². The van der Waals surface area contributed by atoms with Gasteiger partial charge < -0.3 is 10.1 Å². The second kappa shape index (κ2) is 6.35. The molecule has 4 heteroatoms. The second-order valence-corrected chi connectivity index (χ2v) is 4.00. The van der Waals surface area contributed by atoms with Crippen molar-refractivity contribution >= 4 is 17.7 Å². The van der Waals surface area contributed by atoms with Gasteiger partial charge in [0.25, 0.3) is 0 Å². The van der Waals surface area contributed by atoms with Crippen LogP contribution in [0.1, 0.15) is 5.56 Å². The summed E-state index contributed by atoms with van der Waals surface area (Å²) in [5.74, 6) is 2.27. The van der Waals surface area contributed by atoms with Crippen molar-refractivity contribution in [3.8, 4) is 5.75 Å². The lowest BCUT2D eigenvalue weighted by atomic mass is 10.2. The lowest BCUT2D eigenvalue weighted by Crippen LogP contribution is -2.19. The predicted octanol–water partition coefficient (Wildman–Crippen LogP) is 1.67. The molecule has 1 N–H and O–H groups in total. The van der Waals surface area contributed by atoms with Crippen LogP contribution < -0.4 is 10.1 Å². The van der Waals surface area contributed by atoms with E-state index in [1.807, 2.05) is 24.3 Å². The first-order valence-corrected chi connectivity index (χ1v) is 5.83. The van der Waals surface area contributed by atoms with E-state index in [-0.39, 0.29) is 5.91 Å². The van der Waals surface area contributed by atoms with Gasteiger partial charge in [-0.2, -0.15) is 0 Å². The summed E-state index contributed by atoms with van der Waals surface area (Å²) in [7, 11) is 3.30. The third-order valence-corrected chi connectivity index (χ3v) is 2.94. The lowest BCUT2D eigenvalue weighted by Gasteiger charge is -2.03. The number of nitrogens with one attached hydrogen (secondary N) is 1. The first-order valence-electron chi connectivity index (χ1n) is 4.67. The van der Waals surface area contributed by atoms with Gasteiger partial charge in [-0.05, 0) is 17.7 Å². The molecule has 0 radical (unpaired) electrons. The van der Waals surface area contributed by atoms with Crippen LogP contribution in [-0.4, -0.2) is 25.8 Å². The molecule has 0 spiro atoms. The number of ether oxygens (including phenoxy) is 1. The Bertz CT molecular complexity index is 311. The summed E-state index contributed by atoms with van der Waals surface area (Å²) >= 11 is 1.60. The molecule has 0 fully saturated rings. The third-order valence-electron chi connectivity index (χ3n) is 1.94. The normalized spacial score (nSPS) is 9.73. The number of hydrogen-bond acceptors (Lipinski definition) is 3. The van der Waals surface area contributed by atoms with Crippen molar-refractivity contribution < 1.29 is 9.53 Å². The van der Waals surface area contributed by atoms with Crippen LogP contribution in [0.4, 0.5) is 0 Å². The Morgan fingerprint density at radius 1 is 1.40 bits per heavy atom. The van der Waals surface area contributed by atoms with Gasteiger partial charge in [0.05, 0.1) is 12.9 Å². The van der Waals surface area contributed by atoms with Gasteiger partial charge in [0.2, 0.25) is 5.91 Å². The minimum absolute atomic E-state index is 0.0634. The van der Waals surface area contributed by atoms with Crippen LogP contribution in [0.5, 0.6) is 5.75 Å². The van der Waals surface area contributed by atoms with Gasteiger partial charge in [-0.1, -0.05) is 12.1 Å². The van der Waals surface area contributed by atoms with E-state index in [0.29, 0.717) is 5.75 Å². The average Bonchev–Trinajstić information content (AvgIpc) is 2.29. The van der Waals surface area contributed by atoms with Crippen LogP contribution in [-0.2, 0) is 10.5 Å². The molecule has 0 aliphatic rings. The number of carbonyl (C=O) groups excluding carboxylic acids is 1. The highest BCUT2D eigenvalue weighted by atomic mass is 32.2. The van der Waals surface area contributed by atoms with Gasteiger partial charge in [-0.3, -0.25) is 4.79 Å². The molecule has 1 rings (SSSR count). The van der Waals surface area contributed by atoms with Gasteiger partial charge in [0.15, 0.2) is 0 Å². The SMILES string of the molecule is CNC(=O)CSCc1ccc(OC)cc1. The monoisotopic (exact) mass is 225 g/mol. The molecule has 1 aromatic rings. The molecule has 0 atom stereocenters. The number of thioether (sulfide) groups is 1. The largest absolute Gasteiger partial charge is 0.497 e. The predicted molar refractivity (Wildman–Crippen MR) is 63.2 cm³/mol. The zero-order chi connectivity index (χ0) is 11.1. The Kier molecular flexibility index (Phi) is 5.04. The van der Waals surface area contributed by atoms with Crippen molar-refractivity contribution in [2.75, 3.05) is 19.9 Å². The summed E-state index contributed by atoms with van der Waals surface area (Å²) in [6.45, 7) is 0. The first kappa shape index (κ1) is 11.9. The number of benzene rings is 1. The van der Waals surface area contributed by atoms with Crippen LogP contribution in [0.3, 0.4) is 0 Å². The standard InChI is InChI=1S/C11H15NO2S/c1-12-11(13)8-15-7-9-3-5-10(14-2)6-4-9/h3-6H,7-8H2,1-2H3,(H,12,13). The van der Waals surface area contributed by atoms with Crippen molar-refractivity contribution in [1.82, 2.24) is 5.32 Å². The summed E-state index contributed by atoms with van der Waals surface area (Å²) in [5, 5.41) is 2.59. The van der Waals surface area contributed by atoms with Gasteiger partial charge in [0, 0.05) is 12.8 Å². The number of carbonyl (C=O) groups is 1. The van der Waals surface area contributed by atoms with Crippen molar-refractivity contribution in [3.63, 3.8) is 0 Å². The molecule has 0 heterocycles. The molecule has 1 aromatic carbocycles. The average molecular weight is 225 g/mol. The van der Waals surface area contributed by atoms with Crippen LogP contribution in [0.25, 0.3) is 0 Å². The van der Waals surface area contributed by atoms with Crippen LogP contribution in [0.2, 0.25) is 0 Å². The molecular weight excluding hydrogens is 210 g/mol. The fraction of sp³-hybridized carbons (Fsp3) is 0.364. The van der Waals surface area contributed by atoms with E-state index in [4.69, 9.17) is 4.74 Å². The molecule has 0 saturated heterocycles. The van der Waals surface area contributed by atoms with Crippen LogP contribution in [0.15, 0.2) is 24.3 Å². The Hall–Kier alpha value is -1.16. The maximum Gasteiger partial charge on any atom is 0.229 e. The molecular formula is C11H15NO2S. The van der Waals surface area contributed by atoms with Gasteiger partial charge in [-0.25, -0.2) is 0 Å². The van der Waals surface area contributed by atoms with E-state index in [0.717, 1.165) is 11.5 Å². The maximum atomic E-state index is 11.0. The maximum absolute atomic E-state index is 11.0. The number of methoxy groups -OCH3 is 1. The minimum Gasteiger partial charge on any atom is -0.497 e. The topological polar surface area (TPSA) is 38.3 Å². The Labute approximate surface area is 94.2 Å². The van der Waals surface area contributed by atoms with Crippen molar-refractivity contribution in [2.24, 2.45) is 0 Å². The minimum atomic E-state index is 0.0634. The van der Waals surface area contributed by atoms with Crippen LogP contribution >= 0.6 is 11.8 Å². The third kappa shape index (κ3) is 4.25. The summed E-state index contributed by atoms with van der Waals surface area (Å²) < 4.78 is 5.06. The number of rotatable bonds is 5. The Morgan fingerprint density at radius 2 is 2.07 bits per heavy atom. The van der Waals surface area contributed by atoms with E-state index in [9.17, 15) is 4.79 Å². The fourth-order valence-electron chi connectivity index (χ4n) is 1.06. The second-order valence-electron chi connectivity index (χ2n) is 3.01. The summed E-state index contributed by atoms with van der Waals surface area (Å²) in [6.07, 6.45) is 0. The molecule has 82 valence electrons.